The second-order valence-electron chi connectivity index (χ2n) is 11.9. The molecule has 1 aliphatic carbocycles. The Morgan fingerprint density at radius 1 is 0.907 bits per heavy atom. The molecule has 7 nitrogen and oxygen atoms in total. The number of amides is 2. The zero-order valence-electron chi connectivity index (χ0n) is 25.3. The van der Waals surface area contributed by atoms with Crippen LogP contribution in [0, 0.1) is 13.8 Å². The lowest BCUT2D eigenvalue weighted by Gasteiger charge is -2.27. The molecule has 224 valence electrons. The van der Waals surface area contributed by atoms with E-state index in [0.29, 0.717) is 29.3 Å². The lowest BCUT2D eigenvalue weighted by molar-refractivity contribution is 0.0374. The molecule has 0 aromatic heterocycles. The summed E-state index contributed by atoms with van der Waals surface area (Å²) in [5, 5.41) is 6.84. The third-order valence-corrected chi connectivity index (χ3v) is 8.86. The van der Waals surface area contributed by atoms with Crippen LogP contribution < -0.4 is 15.5 Å². The van der Waals surface area contributed by atoms with Crippen molar-refractivity contribution in [2.24, 2.45) is 0 Å². The standard InChI is InChI=1S/C36H42N4O3/c1-25-7-3-4-8-30(25)35(41)38-29-13-14-31(26(2)23-29)36(42)40-18-5-9-33(37-16-6-17-39-19-21-43-22-20-39)32-24-28(27-10-11-27)12-15-34(32)40/h3-4,7-8,10-15,23-24,27,33,37H,5-6,9,16-22H2,1-2H3,(H,38,41). The van der Waals surface area contributed by atoms with E-state index in [0.717, 1.165) is 75.5 Å². The zero-order valence-corrected chi connectivity index (χ0v) is 25.3. The highest BCUT2D eigenvalue weighted by atomic mass is 16.5. The van der Waals surface area contributed by atoms with Gasteiger partial charge < -0.3 is 20.3 Å². The van der Waals surface area contributed by atoms with Crippen LogP contribution in [0.2, 0.25) is 0 Å². The highest BCUT2D eigenvalue weighted by molar-refractivity contribution is 6.09. The molecule has 2 amide bonds. The number of carbonyl (C=O) groups excluding carboxylic acids is 2. The predicted molar refractivity (Wildman–Crippen MR) is 172 cm³/mol. The summed E-state index contributed by atoms with van der Waals surface area (Å²) in [4.78, 5) is 31.4. The second-order valence-corrected chi connectivity index (χ2v) is 11.9. The summed E-state index contributed by atoms with van der Waals surface area (Å²) in [5.41, 5.74) is 7.25. The maximum absolute atomic E-state index is 14.1. The fourth-order valence-corrected chi connectivity index (χ4v) is 6.29. The number of nitrogens with zero attached hydrogens (tertiary/aromatic N) is 2. The lowest BCUT2D eigenvalue weighted by Crippen LogP contribution is -2.38. The van der Waals surface area contributed by atoms with Crippen molar-refractivity contribution in [3.63, 3.8) is 0 Å². The molecule has 0 radical (unpaired) electrons. The first kappa shape index (κ1) is 29.3. The minimum Gasteiger partial charge on any atom is -0.379 e. The Labute approximate surface area is 254 Å². The van der Waals surface area contributed by atoms with Crippen molar-refractivity contribution in [1.29, 1.82) is 0 Å². The summed E-state index contributed by atoms with van der Waals surface area (Å²) >= 11 is 0. The number of rotatable bonds is 9. The van der Waals surface area contributed by atoms with E-state index in [1.807, 2.05) is 61.2 Å². The summed E-state index contributed by atoms with van der Waals surface area (Å²) in [6.07, 6.45) is 7.43. The van der Waals surface area contributed by atoms with Gasteiger partial charge in [0, 0.05) is 54.1 Å². The monoisotopic (exact) mass is 578 g/mol. The number of hydrogen-bond donors (Lipinski definition) is 2. The Balaban J connectivity index is 1.18. The summed E-state index contributed by atoms with van der Waals surface area (Å²) < 4.78 is 5.49. The van der Waals surface area contributed by atoms with E-state index >= 15 is 0 Å². The number of anilines is 2. The minimum absolute atomic E-state index is 0.000736. The van der Waals surface area contributed by atoms with Gasteiger partial charge in [-0.3, -0.25) is 14.5 Å². The van der Waals surface area contributed by atoms with Crippen LogP contribution >= 0.6 is 0 Å². The van der Waals surface area contributed by atoms with E-state index < -0.39 is 0 Å². The quantitative estimate of drug-likeness (QED) is 0.241. The topological polar surface area (TPSA) is 73.9 Å². The molecule has 2 N–H and O–H groups in total. The minimum atomic E-state index is -0.150. The van der Waals surface area contributed by atoms with Gasteiger partial charge in [0.25, 0.3) is 11.8 Å². The van der Waals surface area contributed by atoms with Crippen LogP contribution in [0.4, 0.5) is 11.4 Å². The number of fused-ring (bicyclic) bond motifs is 1. The highest BCUT2D eigenvalue weighted by Crippen LogP contribution is 2.39. The van der Waals surface area contributed by atoms with E-state index in [-0.39, 0.29) is 17.9 Å². The van der Waals surface area contributed by atoms with Crippen molar-refractivity contribution >= 4 is 23.2 Å². The molecule has 2 heterocycles. The molecule has 1 atom stereocenters. The van der Waals surface area contributed by atoms with Gasteiger partial charge in [0.1, 0.15) is 0 Å². The number of carbonyl (C=O) groups is 2. The maximum atomic E-state index is 14.1. The molecule has 1 saturated heterocycles. The third-order valence-electron chi connectivity index (χ3n) is 8.86. The number of allylic oxidation sites excluding steroid dienone is 2. The predicted octanol–water partition coefficient (Wildman–Crippen LogP) is 6.00. The van der Waals surface area contributed by atoms with E-state index in [1.165, 1.54) is 11.1 Å². The molecule has 3 aromatic carbocycles. The first-order chi connectivity index (χ1) is 21.0. The first-order valence-corrected chi connectivity index (χ1v) is 15.6. The Bertz CT molecular complexity index is 1500. The molecule has 3 aromatic rings. The number of benzene rings is 3. The number of aryl methyl sites for hydroxylation is 2. The average molecular weight is 579 g/mol. The molecule has 0 spiro atoms. The summed E-state index contributed by atoms with van der Waals surface area (Å²) in [7, 11) is 0. The van der Waals surface area contributed by atoms with Gasteiger partial charge >= 0.3 is 0 Å². The Kier molecular flexibility index (Phi) is 9.03. The van der Waals surface area contributed by atoms with Crippen molar-refractivity contribution in [2.45, 2.75) is 45.1 Å². The van der Waals surface area contributed by atoms with Crippen LogP contribution in [0.25, 0.3) is 0 Å². The van der Waals surface area contributed by atoms with Gasteiger partial charge in [-0.15, -0.1) is 0 Å². The molecule has 0 saturated carbocycles. The smallest absolute Gasteiger partial charge is 0.258 e. The zero-order chi connectivity index (χ0) is 29.8. The van der Waals surface area contributed by atoms with Crippen LogP contribution in [0.1, 0.15) is 74.2 Å². The molecule has 0 bridgehead atoms. The number of morpholine rings is 1. The van der Waals surface area contributed by atoms with Gasteiger partial charge in [-0.2, -0.15) is 0 Å². The second kappa shape index (κ2) is 13.2. The van der Waals surface area contributed by atoms with Gasteiger partial charge in [0.05, 0.1) is 13.2 Å². The van der Waals surface area contributed by atoms with Crippen LogP contribution in [0.5, 0.6) is 0 Å². The van der Waals surface area contributed by atoms with E-state index in [1.54, 1.807) is 0 Å². The van der Waals surface area contributed by atoms with Crippen LogP contribution in [0.15, 0.2) is 72.8 Å². The van der Waals surface area contributed by atoms with Crippen LogP contribution in [0.3, 0.4) is 0 Å². The van der Waals surface area contributed by atoms with Crippen molar-refractivity contribution in [1.82, 2.24) is 10.2 Å². The lowest BCUT2D eigenvalue weighted by atomic mass is 9.96. The van der Waals surface area contributed by atoms with Gasteiger partial charge in [-0.05, 0) is 98.8 Å². The number of hydrogen-bond acceptors (Lipinski definition) is 5. The normalized spacial score (nSPS) is 18.7. The molecule has 2 aliphatic heterocycles. The molecule has 7 heteroatoms. The molecular formula is C36H42N4O3. The SMILES string of the molecule is Cc1ccccc1C(=O)Nc1ccc(C(=O)N2CCCC(NCCCN3CCOCC3)c3cc(C4C=C4)ccc32)c(C)c1. The van der Waals surface area contributed by atoms with Crippen molar-refractivity contribution < 1.29 is 14.3 Å². The molecule has 3 aliphatic rings. The average Bonchev–Trinajstić information content (AvgIpc) is 3.88. The van der Waals surface area contributed by atoms with E-state index in [9.17, 15) is 9.59 Å². The van der Waals surface area contributed by atoms with Crippen LogP contribution in [-0.4, -0.2) is 62.7 Å². The van der Waals surface area contributed by atoms with Gasteiger partial charge in [0.2, 0.25) is 0 Å². The van der Waals surface area contributed by atoms with E-state index in [2.05, 4.69) is 45.9 Å². The number of ether oxygens (including phenoxy) is 1. The Hall–Kier alpha value is -3.78. The Morgan fingerprint density at radius 2 is 1.72 bits per heavy atom. The highest BCUT2D eigenvalue weighted by Gasteiger charge is 2.29. The summed E-state index contributed by atoms with van der Waals surface area (Å²) in [5.74, 6) is 0.257. The molecule has 1 fully saturated rings. The number of nitrogens with one attached hydrogen (secondary N) is 2. The third kappa shape index (κ3) is 6.90. The maximum Gasteiger partial charge on any atom is 0.258 e. The van der Waals surface area contributed by atoms with Crippen molar-refractivity contribution in [2.75, 3.05) is 56.2 Å². The molecule has 6 rings (SSSR count). The largest absolute Gasteiger partial charge is 0.379 e. The molecule has 43 heavy (non-hydrogen) atoms. The van der Waals surface area contributed by atoms with Crippen LogP contribution in [-0.2, 0) is 4.74 Å². The molecule has 1 unspecified atom stereocenters. The summed E-state index contributed by atoms with van der Waals surface area (Å²) in [6.45, 7) is 10.2. The van der Waals surface area contributed by atoms with Gasteiger partial charge in [-0.25, -0.2) is 0 Å². The fourth-order valence-electron chi connectivity index (χ4n) is 6.29. The van der Waals surface area contributed by atoms with Gasteiger partial charge in [0.15, 0.2) is 0 Å². The Morgan fingerprint density at radius 3 is 2.49 bits per heavy atom. The molecular weight excluding hydrogens is 536 g/mol. The van der Waals surface area contributed by atoms with E-state index in [4.69, 9.17) is 4.74 Å². The fraction of sp³-hybridized carbons (Fsp3) is 0.389. The summed E-state index contributed by atoms with van der Waals surface area (Å²) in [6, 6.07) is 19.9. The van der Waals surface area contributed by atoms with Crippen molar-refractivity contribution in [3.05, 3.63) is 106 Å². The first-order valence-electron chi connectivity index (χ1n) is 15.6. The van der Waals surface area contributed by atoms with Crippen molar-refractivity contribution in [3.8, 4) is 0 Å². The van der Waals surface area contributed by atoms with Gasteiger partial charge in [-0.1, -0.05) is 42.5 Å².